The molecule has 6 heteroatoms. The molecule has 0 amide bonds. The molecule has 0 fully saturated rings. The molecule has 0 saturated heterocycles. The minimum Gasteiger partial charge on any atom is -0.268 e. The molecule has 2 heterocycles. The first-order chi connectivity index (χ1) is 8.86. The molecule has 0 atom stereocenters. The zero-order valence-corrected chi connectivity index (χ0v) is 10.1. The van der Waals surface area contributed by atoms with E-state index in [0.29, 0.717) is 4.77 Å². The molecule has 1 N–H and O–H groups in total. The van der Waals surface area contributed by atoms with E-state index < -0.39 is 0 Å². The number of benzene rings is 1. The molecule has 5 nitrogen and oxygen atoms in total. The van der Waals surface area contributed by atoms with E-state index in [9.17, 15) is 0 Å². The van der Waals surface area contributed by atoms with Crippen molar-refractivity contribution in [1.82, 2.24) is 25.0 Å². The Hall–Kier alpha value is -2.34. The van der Waals surface area contributed by atoms with E-state index in [0.717, 1.165) is 17.1 Å². The highest BCUT2D eigenvalue weighted by atomic mass is 32.1. The highest BCUT2D eigenvalue weighted by molar-refractivity contribution is 7.71. The molecule has 1 aromatic carbocycles. The Kier molecular flexibility index (Phi) is 2.70. The van der Waals surface area contributed by atoms with Gasteiger partial charge in [0.2, 0.25) is 0 Å². The lowest BCUT2D eigenvalue weighted by Crippen LogP contribution is -1.97. The molecule has 0 aliphatic heterocycles. The molecule has 0 saturated carbocycles. The molecule has 0 aliphatic carbocycles. The molecule has 3 aromatic rings. The number of rotatable bonds is 2. The molecule has 0 bridgehead atoms. The van der Waals surface area contributed by atoms with Crippen molar-refractivity contribution in [1.29, 1.82) is 0 Å². The van der Waals surface area contributed by atoms with E-state index >= 15 is 0 Å². The molecule has 0 unspecified atom stereocenters. The van der Waals surface area contributed by atoms with Gasteiger partial charge >= 0.3 is 0 Å². The summed E-state index contributed by atoms with van der Waals surface area (Å²) in [6.45, 7) is 0. The van der Waals surface area contributed by atoms with Crippen LogP contribution in [-0.4, -0.2) is 25.0 Å². The number of H-pyrrole nitrogens is 1. The second-order valence-electron chi connectivity index (χ2n) is 3.65. The lowest BCUT2D eigenvalue weighted by atomic mass is 10.2. The van der Waals surface area contributed by atoms with E-state index in [-0.39, 0.29) is 0 Å². The van der Waals surface area contributed by atoms with Gasteiger partial charge in [0.15, 0.2) is 10.6 Å². The van der Waals surface area contributed by atoms with Crippen LogP contribution < -0.4 is 0 Å². The highest BCUT2D eigenvalue weighted by Gasteiger charge is 2.10. The van der Waals surface area contributed by atoms with Crippen molar-refractivity contribution in [2.45, 2.75) is 0 Å². The SMILES string of the molecule is S=c1[nH]nc(-c2ccnnc2)n1-c1ccccc1. The number of para-hydroxylation sites is 1. The van der Waals surface area contributed by atoms with Crippen molar-refractivity contribution in [3.05, 3.63) is 53.6 Å². The predicted molar refractivity (Wildman–Crippen MR) is 69.8 cm³/mol. The van der Waals surface area contributed by atoms with Crippen LogP contribution in [0.15, 0.2) is 48.8 Å². The van der Waals surface area contributed by atoms with Gasteiger partial charge in [-0.1, -0.05) is 18.2 Å². The lowest BCUT2D eigenvalue weighted by molar-refractivity contribution is 1.01. The molecule has 3 rings (SSSR count). The average molecular weight is 255 g/mol. The topological polar surface area (TPSA) is 59.4 Å². The fraction of sp³-hybridized carbons (Fsp3) is 0. The number of hydrogen-bond acceptors (Lipinski definition) is 4. The van der Waals surface area contributed by atoms with Crippen LogP contribution in [0.4, 0.5) is 0 Å². The van der Waals surface area contributed by atoms with Crippen LogP contribution in [0.1, 0.15) is 0 Å². The number of aromatic nitrogens is 5. The molecule has 88 valence electrons. The first-order valence-corrected chi connectivity index (χ1v) is 5.77. The van der Waals surface area contributed by atoms with Crippen molar-refractivity contribution in [2.75, 3.05) is 0 Å². The minimum absolute atomic E-state index is 0.549. The van der Waals surface area contributed by atoms with Gasteiger partial charge in [-0.15, -0.1) is 0 Å². The Balaban J connectivity index is 2.23. The van der Waals surface area contributed by atoms with E-state index in [2.05, 4.69) is 20.4 Å². The third-order valence-corrected chi connectivity index (χ3v) is 2.80. The Bertz CT molecular complexity index is 702. The van der Waals surface area contributed by atoms with E-state index in [1.54, 1.807) is 12.4 Å². The van der Waals surface area contributed by atoms with Crippen LogP contribution in [0.2, 0.25) is 0 Å². The van der Waals surface area contributed by atoms with Crippen LogP contribution in [0.3, 0.4) is 0 Å². The fourth-order valence-electron chi connectivity index (χ4n) is 1.73. The van der Waals surface area contributed by atoms with Gasteiger partial charge in [0.25, 0.3) is 0 Å². The monoisotopic (exact) mass is 255 g/mol. The Morgan fingerprint density at radius 2 is 1.89 bits per heavy atom. The maximum Gasteiger partial charge on any atom is 0.200 e. The standard InChI is InChI=1S/C12H9N5S/c18-12-16-15-11(9-6-7-13-14-8-9)17(12)10-4-2-1-3-5-10/h1-8H,(H,16,18). The van der Waals surface area contributed by atoms with Crippen LogP contribution in [-0.2, 0) is 0 Å². The summed E-state index contributed by atoms with van der Waals surface area (Å²) in [4.78, 5) is 0. The predicted octanol–water partition coefficient (Wildman–Crippen LogP) is 2.39. The number of hydrogen-bond donors (Lipinski definition) is 1. The summed E-state index contributed by atoms with van der Waals surface area (Å²) in [7, 11) is 0. The van der Waals surface area contributed by atoms with Crippen molar-refractivity contribution in [3.63, 3.8) is 0 Å². The Morgan fingerprint density at radius 3 is 2.61 bits per heavy atom. The normalized spacial score (nSPS) is 10.4. The second kappa shape index (κ2) is 4.50. The maximum atomic E-state index is 5.26. The van der Waals surface area contributed by atoms with Crippen molar-refractivity contribution in [3.8, 4) is 17.1 Å². The molecule has 2 aromatic heterocycles. The average Bonchev–Trinajstić information content (AvgIpc) is 2.83. The summed E-state index contributed by atoms with van der Waals surface area (Å²) < 4.78 is 2.42. The van der Waals surface area contributed by atoms with Gasteiger partial charge in [0, 0.05) is 11.3 Å². The van der Waals surface area contributed by atoms with Crippen molar-refractivity contribution < 1.29 is 0 Å². The number of nitrogens with one attached hydrogen (secondary N) is 1. The molecule has 0 radical (unpaired) electrons. The zero-order chi connectivity index (χ0) is 12.4. The van der Waals surface area contributed by atoms with Crippen LogP contribution in [0.5, 0.6) is 0 Å². The van der Waals surface area contributed by atoms with Gasteiger partial charge in [-0.05, 0) is 30.4 Å². The van der Waals surface area contributed by atoms with Gasteiger partial charge in [0.05, 0.1) is 12.4 Å². The van der Waals surface area contributed by atoms with Gasteiger partial charge in [-0.2, -0.15) is 15.3 Å². The van der Waals surface area contributed by atoms with Crippen molar-refractivity contribution in [2.24, 2.45) is 0 Å². The summed E-state index contributed by atoms with van der Waals surface area (Å²) in [5.41, 5.74) is 1.82. The van der Waals surface area contributed by atoms with Gasteiger partial charge in [0.1, 0.15) is 0 Å². The molecule has 0 spiro atoms. The molecule has 18 heavy (non-hydrogen) atoms. The van der Waals surface area contributed by atoms with Gasteiger partial charge < -0.3 is 0 Å². The third kappa shape index (κ3) is 1.82. The Morgan fingerprint density at radius 1 is 1.06 bits per heavy atom. The zero-order valence-electron chi connectivity index (χ0n) is 9.32. The van der Waals surface area contributed by atoms with Crippen LogP contribution in [0, 0.1) is 4.77 Å². The van der Waals surface area contributed by atoms with E-state index in [4.69, 9.17) is 12.2 Å². The molecular formula is C12H9N5S. The first-order valence-electron chi connectivity index (χ1n) is 5.36. The number of aromatic amines is 1. The van der Waals surface area contributed by atoms with Gasteiger partial charge in [-0.25, -0.2) is 0 Å². The quantitative estimate of drug-likeness (QED) is 0.714. The van der Waals surface area contributed by atoms with E-state index in [1.165, 1.54) is 0 Å². The summed E-state index contributed by atoms with van der Waals surface area (Å²) in [6, 6.07) is 11.7. The van der Waals surface area contributed by atoms with Gasteiger partial charge in [-0.3, -0.25) is 9.67 Å². The van der Waals surface area contributed by atoms with Crippen molar-refractivity contribution >= 4 is 12.2 Å². The summed E-state index contributed by atoms with van der Waals surface area (Å²) >= 11 is 5.26. The molecular weight excluding hydrogens is 246 g/mol. The first kappa shape index (κ1) is 10.8. The molecule has 0 aliphatic rings. The van der Waals surface area contributed by atoms with E-state index in [1.807, 2.05) is 41.0 Å². The smallest absolute Gasteiger partial charge is 0.200 e. The van der Waals surface area contributed by atoms with Crippen LogP contribution in [0.25, 0.3) is 17.1 Å². The minimum atomic E-state index is 0.549. The Labute approximate surface area is 108 Å². The lowest BCUT2D eigenvalue weighted by Gasteiger charge is -2.05. The fourth-order valence-corrected chi connectivity index (χ4v) is 1.97. The largest absolute Gasteiger partial charge is 0.268 e. The summed E-state index contributed by atoms with van der Waals surface area (Å²) in [5, 5.41) is 14.7. The second-order valence-corrected chi connectivity index (χ2v) is 4.04. The highest BCUT2D eigenvalue weighted by Crippen LogP contribution is 2.19. The number of nitrogens with zero attached hydrogens (tertiary/aromatic N) is 4. The summed E-state index contributed by atoms with van der Waals surface area (Å²) in [5.74, 6) is 0.723. The van der Waals surface area contributed by atoms with Crippen LogP contribution >= 0.6 is 12.2 Å². The summed E-state index contributed by atoms with van der Waals surface area (Å²) in [6.07, 6.45) is 3.28. The maximum absolute atomic E-state index is 5.26. The third-order valence-electron chi connectivity index (χ3n) is 2.53.